The van der Waals surface area contributed by atoms with Gasteiger partial charge >= 0.3 is 0 Å². The maximum Gasteiger partial charge on any atom is 0.262 e. The van der Waals surface area contributed by atoms with Gasteiger partial charge in [-0.3, -0.25) is 0 Å². The Morgan fingerprint density at radius 1 is 1.29 bits per heavy atom. The van der Waals surface area contributed by atoms with Crippen LogP contribution in [0.3, 0.4) is 0 Å². The van der Waals surface area contributed by atoms with Crippen LogP contribution in [-0.4, -0.2) is 8.42 Å². The predicted molar refractivity (Wildman–Crippen MR) is 69.6 cm³/mol. The molecule has 7 heteroatoms. The normalized spacial score (nSPS) is 11.0. The Kier molecular flexibility index (Phi) is 4.02. The largest absolute Gasteiger partial charge is 0.262 e. The van der Waals surface area contributed by atoms with E-state index in [0.717, 1.165) is 0 Å². The molecule has 0 unspecified atom stereocenters. The minimum atomic E-state index is -3.73. The fraction of sp³-hybridized carbons (Fsp3) is 0. The summed E-state index contributed by atoms with van der Waals surface area (Å²) in [7, 11) is 1.48. The molecule has 0 radical (unpaired) electrons. The van der Waals surface area contributed by atoms with E-state index < -0.39 is 9.05 Å². The molecule has 0 atom stereocenters. The average molecular weight is 453 g/mol. The Morgan fingerprint density at radius 3 is 2.29 bits per heavy atom. The fourth-order valence-electron chi connectivity index (χ4n) is 0.801. The van der Waals surface area contributed by atoms with Gasteiger partial charge < -0.3 is 0 Å². The van der Waals surface area contributed by atoms with E-state index >= 15 is 0 Å². The first-order valence-electron chi connectivity index (χ1n) is 3.20. The van der Waals surface area contributed by atoms with Crippen molar-refractivity contribution in [3.63, 3.8) is 0 Å². The van der Waals surface area contributed by atoms with E-state index in [9.17, 15) is 8.42 Å². The molecule has 1 aromatic carbocycles. The number of rotatable bonds is 1. The van der Waals surface area contributed by atoms with Gasteiger partial charge in [0, 0.05) is 17.8 Å². The van der Waals surface area contributed by atoms with Gasteiger partial charge in [0.05, 0.1) is 10.5 Å². The van der Waals surface area contributed by atoms with E-state index in [2.05, 4.69) is 0 Å². The van der Waals surface area contributed by atoms with Gasteiger partial charge in [0.25, 0.3) is 9.05 Å². The topological polar surface area (TPSA) is 57.9 Å². The van der Waals surface area contributed by atoms with Crippen molar-refractivity contribution >= 4 is 64.9 Å². The minimum absolute atomic E-state index is 0.0446. The first-order valence-corrected chi connectivity index (χ1v) is 7.66. The van der Waals surface area contributed by atoms with Crippen LogP contribution in [-0.2, 0) is 9.05 Å². The summed E-state index contributed by atoms with van der Waals surface area (Å²) in [4.78, 5) is 0.0446. The van der Waals surface area contributed by atoms with Crippen molar-refractivity contribution < 1.29 is 8.42 Å². The molecule has 0 N–H and O–H groups in total. The molecule has 0 saturated carbocycles. The number of halogens is 3. The lowest BCUT2D eigenvalue weighted by Crippen LogP contribution is -1.97. The molecule has 3 nitrogen and oxygen atoms in total. The van der Waals surface area contributed by atoms with Crippen LogP contribution in [0.4, 0.5) is 0 Å². The number of nitrogens with zero attached hydrogens (tertiary/aromatic N) is 1. The Hall–Kier alpha value is 0.410. The summed E-state index contributed by atoms with van der Waals surface area (Å²) >= 11 is 3.73. The molecule has 0 aromatic heterocycles. The molecule has 1 rings (SSSR count). The lowest BCUT2D eigenvalue weighted by molar-refractivity contribution is 0.609. The second kappa shape index (κ2) is 4.51. The Bertz CT molecular complexity index is 521. The summed E-state index contributed by atoms with van der Waals surface area (Å²) in [5, 5.41) is 8.70. The van der Waals surface area contributed by atoms with Crippen molar-refractivity contribution in [3.8, 4) is 6.07 Å². The lowest BCUT2D eigenvalue weighted by atomic mass is 10.2. The second-order valence-electron chi connectivity index (χ2n) is 2.31. The summed E-state index contributed by atoms with van der Waals surface area (Å²) in [5.74, 6) is 0. The van der Waals surface area contributed by atoms with Gasteiger partial charge in [-0.05, 0) is 57.3 Å². The highest BCUT2D eigenvalue weighted by Crippen LogP contribution is 2.26. The maximum absolute atomic E-state index is 11.1. The predicted octanol–water partition coefficient (Wildman–Crippen LogP) is 2.69. The first-order chi connectivity index (χ1) is 6.36. The summed E-state index contributed by atoms with van der Waals surface area (Å²) in [5.41, 5.74) is 0.444. The lowest BCUT2D eigenvalue weighted by Gasteiger charge is -2.02. The molecular weight excluding hydrogens is 451 g/mol. The Morgan fingerprint density at radius 2 is 1.86 bits per heavy atom. The molecule has 0 heterocycles. The quantitative estimate of drug-likeness (QED) is 0.486. The molecule has 14 heavy (non-hydrogen) atoms. The fourth-order valence-corrected chi connectivity index (χ4v) is 4.26. The zero-order chi connectivity index (χ0) is 10.9. The van der Waals surface area contributed by atoms with E-state index in [0.29, 0.717) is 12.7 Å². The highest BCUT2D eigenvalue weighted by molar-refractivity contribution is 14.1. The van der Waals surface area contributed by atoms with Crippen LogP contribution in [0.15, 0.2) is 17.0 Å². The molecule has 0 aliphatic carbocycles. The van der Waals surface area contributed by atoms with Crippen LogP contribution >= 0.6 is 55.9 Å². The van der Waals surface area contributed by atoms with Crippen LogP contribution in [0.2, 0.25) is 0 Å². The molecule has 0 fully saturated rings. The van der Waals surface area contributed by atoms with Crippen LogP contribution in [0.1, 0.15) is 5.56 Å². The van der Waals surface area contributed by atoms with Gasteiger partial charge in [0.1, 0.15) is 6.07 Å². The van der Waals surface area contributed by atoms with Gasteiger partial charge in [0.2, 0.25) is 0 Å². The van der Waals surface area contributed by atoms with E-state index in [1.807, 2.05) is 51.3 Å². The monoisotopic (exact) mass is 453 g/mol. The molecule has 0 spiro atoms. The number of hydrogen-bond donors (Lipinski definition) is 0. The van der Waals surface area contributed by atoms with E-state index in [-0.39, 0.29) is 4.90 Å². The summed E-state index contributed by atoms with van der Waals surface area (Å²) in [6.07, 6.45) is 0. The Labute approximate surface area is 113 Å². The van der Waals surface area contributed by atoms with Crippen molar-refractivity contribution in [1.29, 1.82) is 5.26 Å². The highest BCUT2D eigenvalue weighted by atomic mass is 127. The van der Waals surface area contributed by atoms with Gasteiger partial charge in [-0.25, -0.2) is 8.42 Å². The molecule has 0 aliphatic heterocycles. The van der Waals surface area contributed by atoms with E-state index in [1.54, 1.807) is 0 Å². The van der Waals surface area contributed by atoms with E-state index in [1.165, 1.54) is 12.1 Å². The number of nitriles is 1. The van der Waals surface area contributed by atoms with Crippen molar-refractivity contribution in [1.82, 2.24) is 0 Å². The zero-order valence-corrected chi connectivity index (χ0v) is 12.3. The van der Waals surface area contributed by atoms with Crippen molar-refractivity contribution in [2.24, 2.45) is 0 Å². The van der Waals surface area contributed by atoms with Crippen molar-refractivity contribution in [2.45, 2.75) is 4.90 Å². The maximum atomic E-state index is 11.1. The molecule has 1 aromatic rings. The highest BCUT2D eigenvalue weighted by Gasteiger charge is 2.16. The SMILES string of the molecule is N#Cc1cc(I)c(S(=O)(=O)Cl)cc1I. The zero-order valence-electron chi connectivity index (χ0n) is 6.46. The molecule has 74 valence electrons. The van der Waals surface area contributed by atoms with Crippen LogP contribution < -0.4 is 0 Å². The van der Waals surface area contributed by atoms with Gasteiger partial charge in [-0.2, -0.15) is 5.26 Å². The van der Waals surface area contributed by atoms with Crippen LogP contribution in [0.25, 0.3) is 0 Å². The van der Waals surface area contributed by atoms with E-state index in [4.69, 9.17) is 15.9 Å². The third-order valence-corrected chi connectivity index (χ3v) is 4.92. The molecule has 0 aliphatic rings. The summed E-state index contributed by atoms with van der Waals surface area (Å²) in [6, 6.07) is 4.85. The summed E-state index contributed by atoms with van der Waals surface area (Å²) in [6.45, 7) is 0. The van der Waals surface area contributed by atoms with Gasteiger partial charge in [-0.15, -0.1) is 0 Å². The number of benzene rings is 1. The third-order valence-electron chi connectivity index (χ3n) is 1.40. The molecule has 0 saturated heterocycles. The summed E-state index contributed by atoms with van der Waals surface area (Å²) < 4.78 is 23.2. The minimum Gasteiger partial charge on any atom is -0.207 e. The van der Waals surface area contributed by atoms with Crippen molar-refractivity contribution in [2.75, 3.05) is 0 Å². The molecule has 0 bridgehead atoms. The van der Waals surface area contributed by atoms with Gasteiger partial charge in [0.15, 0.2) is 0 Å². The van der Waals surface area contributed by atoms with Crippen LogP contribution in [0.5, 0.6) is 0 Å². The third kappa shape index (κ3) is 2.71. The standard InChI is InChI=1S/C7H2ClI2NO2S/c8-14(12,13)7-2-5(9)4(3-11)1-6(7)10/h1-2H. The first kappa shape index (κ1) is 12.5. The molecule has 0 amide bonds. The number of hydrogen-bond acceptors (Lipinski definition) is 3. The van der Waals surface area contributed by atoms with Gasteiger partial charge in [-0.1, -0.05) is 0 Å². The second-order valence-corrected chi connectivity index (χ2v) is 7.17. The average Bonchev–Trinajstić information content (AvgIpc) is 2.06. The smallest absolute Gasteiger partial charge is 0.207 e. The van der Waals surface area contributed by atoms with Crippen LogP contribution in [0, 0.1) is 18.5 Å². The molecular formula is C7H2ClI2NO2S. The Balaban J connectivity index is 3.54. The van der Waals surface area contributed by atoms with Crippen molar-refractivity contribution in [3.05, 3.63) is 24.8 Å².